The number of carboxylic acids is 2. The Morgan fingerprint density at radius 2 is 0.919 bits per heavy atom. The first-order valence-corrected chi connectivity index (χ1v) is 21.4. The van der Waals surface area contributed by atoms with Crippen LogP contribution in [-0.4, -0.2) is 134 Å². The fourth-order valence-electron chi connectivity index (χ4n) is 8.42. The van der Waals surface area contributed by atoms with Gasteiger partial charge < -0.3 is 48.9 Å². The Bertz CT molecular complexity index is 2300. The van der Waals surface area contributed by atoms with E-state index in [0.717, 1.165) is 101 Å². The Hall–Kier alpha value is -6.64. The minimum Gasteiger partial charge on any atom is -0.486 e. The normalized spacial score (nSPS) is 16.4. The summed E-state index contributed by atoms with van der Waals surface area (Å²) >= 11 is 0. The molecule has 0 saturated carbocycles. The number of benzene rings is 4. The number of nitrogens with zero attached hydrogens (tertiary/aromatic N) is 4. The fourth-order valence-corrected chi connectivity index (χ4v) is 8.42. The number of H-pyrrole nitrogens is 2. The highest BCUT2D eigenvalue weighted by Crippen LogP contribution is 2.41. The smallest absolute Gasteiger partial charge is 0.328 e. The topological polar surface area (TPSA) is 156 Å². The SMILES string of the molecule is O=C(O)/C=C/C(=O)O.c1cc2c(c(N3CCN(CCc4c[nH]c5ccccc45)CC3)c1)OCCO2.c1cc2c(c(N3CCN(CCc4c[nH]c5ccccc45)CC3)c1)OCCO2. The van der Waals surface area contributed by atoms with E-state index in [9.17, 15) is 9.59 Å². The predicted octanol–water partition coefficient (Wildman–Crippen LogP) is 6.32. The second-order valence-corrected chi connectivity index (χ2v) is 15.5. The van der Waals surface area contributed by atoms with Crippen LogP contribution in [-0.2, 0) is 22.4 Å². The summed E-state index contributed by atoms with van der Waals surface area (Å²) in [5.74, 6) is 1.06. The Morgan fingerprint density at radius 1 is 0.516 bits per heavy atom. The summed E-state index contributed by atoms with van der Waals surface area (Å²) in [5, 5.41) is 18.3. The van der Waals surface area contributed by atoms with Crippen LogP contribution in [0.1, 0.15) is 11.1 Å². The van der Waals surface area contributed by atoms with Gasteiger partial charge in [0.2, 0.25) is 0 Å². The van der Waals surface area contributed by atoms with Crippen LogP contribution >= 0.6 is 0 Å². The number of nitrogens with one attached hydrogen (secondary N) is 2. The third-order valence-corrected chi connectivity index (χ3v) is 11.6. The fraction of sp³-hybridized carbons (Fsp3) is 0.333. The lowest BCUT2D eigenvalue weighted by Gasteiger charge is -2.37. The summed E-state index contributed by atoms with van der Waals surface area (Å²) in [4.78, 5) is 35.8. The number of aromatic amines is 2. The number of aliphatic carboxylic acids is 2. The number of hydrogen-bond acceptors (Lipinski definition) is 10. The zero-order valence-corrected chi connectivity index (χ0v) is 34.8. The molecule has 6 heterocycles. The lowest BCUT2D eigenvalue weighted by molar-refractivity contribution is -0.134. The van der Waals surface area contributed by atoms with E-state index in [1.54, 1.807) is 0 Å². The van der Waals surface area contributed by atoms with Crippen LogP contribution in [0.3, 0.4) is 0 Å². The van der Waals surface area contributed by atoms with Gasteiger partial charge in [-0.3, -0.25) is 9.80 Å². The van der Waals surface area contributed by atoms with E-state index in [2.05, 4.69) is 115 Å². The molecule has 2 aromatic heterocycles. The second kappa shape index (κ2) is 20.3. The maximum Gasteiger partial charge on any atom is 0.328 e. The van der Waals surface area contributed by atoms with E-state index in [1.807, 2.05) is 12.1 Å². The third kappa shape index (κ3) is 10.4. The minimum absolute atomic E-state index is 0.558. The van der Waals surface area contributed by atoms with E-state index in [4.69, 9.17) is 29.2 Å². The number of anilines is 2. The molecule has 0 amide bonds. The number of piperazine rings is 2. The first-order valence-electron chi connectivity index (χ1n) is 21.4. The van der Waals surface area contributed by atoms with E-state index in [-0.39, 0.29) is 0 Å². The summed E-state index contributed by atoms with van der Waals surface area (Å²) in [6.07, 6.45) is 7.61. The van der Waals surface area contributed by atoms with E-state index in [1.165, 1.54) is 44.3 Å². The van der Waals surface area contributed by atoms with Crippen molar-refractivity contribution in [2.45, 2.75) is 12.8 Å². The lowest BCUT2D eigenvalue weighted by atomic mass is 10.1. The first kappa shape index (κ1) is 42.1. The van der Waals surface area contributed by atoms with Crippen LogP contribution in [0.4, 0.5) is 11.4 Å². The molecule has 6 aromatic rings. The first-order chi connectivity index (χ1) is 30.4. The number of rotatable bonds is 10. The number of fused-ring (bicyclic) bond motifs is 4. The van der Waals surface area contributed by atoms with Crippen LogP contribution in [0.15, 0.2) is 109 Å². The van der Waals surface area contributed by atoms with Crippen molar-refractivity contribution in [1.29, 1.82) is 0 Å². The van der Waals surface area contributed by atoms with Crippen molar-refractivity contribution >= 4 is 45.1 Å². The summed E-state index contributed by atoms with van der Waals surface area (Å²) < 4.78 is 23.2. The molecule has 14 nitrogen and oxygen atoms in total. The van der Waals surface area contributed by atoms with Crippen LogP contribution < -0.4 is 28.7 Å². The summed E-state index contributed by atoms with van der Waals surface area (Å²) in [6, 6.07) is 29.5. The van der Waals surface area contributed by atoms with Crippen LogP contribution in [0, 0.1) is 0 Å². The van der Waals surface area contributed by atoms with Crippen molar-refractivity contribution < 1.29 is 38.7 Å². The average Bonchev–Trinajstić information content (AvgIpc) is 3.94. The van der Waals surface area contributed by atoms with E-state index >= 15 is 0 Å². The Labute approximate surface area is 360 Å². The molecule has 10 rings (SSSR count). The molecule has 0 bridgehead atoms. The molecule has 4 aromatic carbocycles. The minimum atomic E-state index is -1.26. The second-order valence-electron chi connectivity index (χ2n) is 15.5. The lowest BCUT2D eigenvalue weighted by Crippen LogP contribution is -2.47. The third-order valence-electron chi connectivity index (χ3n) is 11.6. The van der Waals surface area contributed by atoms with Gasteiger partial charge in [-0.05, 0) is 60.4 Å². The molecule has 0 spiro atoms. The number of carbonyl (C=O) groups is 2. The number of carboxylic acid groups (broad SMARTS) is 2. The highest BCUT2D eigenvalue weighted by molar-refractivity contribution is 5.89. The van der Waals surface area contributed by atoms with Crippen LogP contribution in [0.5, 0.6) is 23.0 Å². The Morgan fingerprint density at radius 3 is 1.34 bits per heavy atom. The van der Waals surface area contributed by atoms with Gasteiger partial charge in [-0.15, -0.1) is 0 Å². The van der Waals surface area contributed by atoms with E-state index < -0.39 is 11.9 Å². The molecule has 2 saturated heterocycles. The van der Waals surface area contributed by atoms with Gasteiger partial charge >= 0.3 is 11.9 Å². The van der Waals surface area contributed by atoms with Crippen molar-refractivity contribution in [2.24, 2.45) is 0 Å². The maximum absolute atomic E-state index is 9.55. The number of hydrogen-bond donors (Lipinski definition) is 4. The standard InChI is InChI=1S/2C22H25N3O2.C4H4O4/c2*1-2-5-19-18(4-1)17(16-23-19)8-9-24-10-12-25(13-11-24)20-6-3-7-21-22(20)27-15-14-26-21;5-3(6)1-2-4(7)8/h2*1-7,16,23H,8-15H2;1-2H,(H,5,6)(H,7,8)/b;;2-1+. The molecule has 2 fully saturated rings. The van der Waals surface area contributed by atoms with Gasteiger partial charge in [-0.1, -0.05) is 48.5 Å². The highest BCUT2D eigenvalue weighted by Gasteiger charge is 2.25. The quantitative estimate of drug-likeness (QED) is 0.114. The molecular formula is C48H54N6O8. The highest BCUT2D eigenvalue weighted by atomic mass is 16.6. The van der Waals surface area contributed by atoms with Gasteiger partial charge in [0.15, 0.2) is 23.0 Å². The molecule has 0 atom stereocenters. The van der Waals surface area contributed by atoms with Gasteiger partial charge in [0.25, 0.3) is 0 Å². The van der Waals surface area contributed by atoms with Crippen molar-refractivity contribution in [3.63, 3.8) is 0 Å². The van der Waals surface area contributed by atoms with Gasteiger partial charge in [-0.25, -0.2) is 9.59 Å². The van der Waals surface area contributed by atoms with Gasteiger partial charge in [-0.2, -0.15) is 0 Å². The predicted molar refractivity (Wildman–Crippen MR) is 241 cm³/mol. The van der Waals surface area contributed by atoms with Crippen molar-refractivity contribution in [2.75, 3.05) is 102 Å². The summed E-state index contributed by atoms with van der Waals surface area (Å²) in [7, 11) is 0. The summed E-state index contributed by atoms with van der Waals surface area (Å²) in [5.41, 5.74) is 7.63. The molecule has 324 valence electrons. The largest absolute Gasteiger partial charge is 0.486 e. The van der Waals surface area contributed by atoms with Crippen molar-refractivity contribution in [1.82, 2.24) is 19.8 Å². The van der Waals surface area contributed by atoms with Crippen LogP contribution in [0.25, 0.3) is 21.8 Å². The van der Waals surface area contributed by atoms with Gasteiger partial charge in [0.1, 0.15) is 26.4 Å². The monoisotopic (exact) mass is 842 g/mol. The number of aromatic nitrogens is 2. The molecule has 4 aliphatic rings. The van der Waals surface area contributed by atoms with Crippen molar-refractivity contribution in [3.8, 4) is 23.0 Å². The average molecular weight is 843 g/mol. The summed E-state index contributed by atoms with van der Waals surface area (Å²) in [6.45, 7) is 13.1. The van der Waals surface area contributed by atoms with Crippen molar-refractivity contribution in [3.05, 3.63) is 121 Å². The number of ether oxygens (including phenoxy) is 4. The maximum atomic E-state index is 9.55. The van der Waals surface area contributed by atoms with Gasteiger partial charge in [0.05, 0.1) is 11.4 Å². The van der Waals surface area contributed by atoms with Crippen LogP contribution in [0.2, 0.25) is 0 Å². The number of para-hydroxylation sites is 4. The zero-order valence-electron chi connectivity index (χ0n) is 34.8. The molecular weight excluding hydrogens is 789 g/mol. The molecule has 0 unspecified atom stereocenters. The molecule has 0 aliphatic carbocycles. The molecule has 4 aliphatic heterocycles. The molecule has 0 radical (unpaired) electrons. The zero-order chi connectivity index (χ0) is 42.7. The molecule has 62 heavy (non-hydrogen) atoms. The Kier molecular flexibility index (Phi) is 13.8. The van der Waals surface area contributed by atoms with Gasteiger partial charge in [0, 0.05) is 112 Å². The molecule has 14 heteroatoms. The molecule has 4 N–H and O–H groups in total. The van der Waals surface area contributed by atoms with E-state index in [0.29, 0.717) is 38.6 Å². The Balaban J connectivity index is 0.000000146.